The highest BCUT2D eigenvalue weighted by Crippen LogP contribution is 2.75. The highest BCUT2D eigenvalue weighted by atomic mass is 14.7. The van der Waals surface area contributed by atoms with E-state index < -0.39 is 0 Å². The molecule has 2 rings (SSSR count). The summed E-state index contributed by atoms with van der Waals surface area (Å²) in [5.41, 5.74) is 0.730. The number of hydrogen-bond acceptors (Lipinski definition) is 0. The van der Waals surface area contributed by atoms with Gasteiger partial charge in [0.1, 0.15) is 0 Å². The van der Waals surface area contributed by atoms with Crippen molar-refractivity contribution < 1.29 is 0 Å². The van der Waals surface area contributed by atoms with E-state index in [1.165, 1.54) is 6.42 Å². The summed E-state index contributed by atoms with van der Waals surface area (Å²) < 4.78 is 0. The Kier molecular flexibility index (Phi) is 1.63. The van der Waals surface area contributed by atoms with E-state index in [2.05, 4.69) is 34.6 Å². The molecule has 0 spiro atoms. The van der Waals surface area contributed by atoms with Crippen LogP contribution < -0.4 is 0 Å². The Hall–Kier alpha value is 0. The van der Waals surface area contributed by atoms with Gasteiger partial charge < -0.3 is 0 Å². The van der Waals surface area contributed by atoms with E-state index in [4.69, 9.17) is 0 Å². The monoisotopic (exact) mass is 166 g/mol. The van der Waals surface area contributed by atoms with Crippen LogP contribution in [-0.4, -0.2) is 0 Å². The summed E-state index contributed by atoms with van der Waals surface area (Å²) in [6.07, 6.45) is 1.41. The summed E-state index contributed by atoms with van der Waals surface area (Å²) in [6.45, 7) is 12.3. The molecule has 0 aromatic rings. The van der Waals surface area contributed by atoms with Gasteiger partial charge in [-0.1, -0.05) is 41.0 Å². The van der Waals surface area contributed by atoms with Crippen LogP contribution in [0.25, 0.3) is 0 Å². The molecule has 0 bridgehead atoms. The van der Waals surface area contributed by atoms with Crippen LogP contribution in [0.3, 0.4) is 0 Å². The molecule has 0 saturated heterocycles. The van der Waals surface area contributed by atoms with E-state index in [9.17, 15) is 0 Å². The Bertz CT molecular complexity index is 194. The second kappa shape index (κ2) is 2.27. The maximum absolute atomic E-state index is 2.52. The molecule has 0 nitrogen and oxygen atoms in total. The number of fused-ring (bicyclic) bond motifs is 1. The predicted octanol–water partition coefficient (Wildman–Crippen LogP) is 3.57. The van der Waals surface area contributed by atoms with Crippen molar-refractivity contribution in [2.75, 3.05) is 0 Å². The van der Waals surface area contributed by atoms with Gasteiger partial charge in [0, 0.05) is 0 Å². The molecule has 0 heterocycles. The summed E-state index contributed by atoms with van der Waals surface area (Å²) in [5, 5.41) is 0. The van der Waals surface area contributed by atoms with Gasteiger partial charge in [0.05, 0.1) is 0 Å². The third-order valence-electron chi connectivity index (χ3n) is 5.45. The molecular weight excluding hydrogens is 144 g/mol. The van der Waals surface area contributed by atoms with Crippen LogP contribution >= 0.6 is 0 Å². The molecule has 70 valence electrons. The minimum absolute atomic E-state index is 0.730. The molecule has 0 aliphatic heterocycles. The first-order chi connectivity index (χ1) is 5.55. The minimum Gasteiger partial charge on any atom is -0.0651 e. The minimum atomic E-state index is 0.730. The second-order valence-corrected chi connectivity index (χ2v) is 5.41. The van der Waals surface area contributed by atoms with Crippen LogP contribution in [0.5, 0.6) is 0 Å². The fourth-order valence-corrected chi connectivity index (χ4v) is 4.28. The molecule has 0 radical (unpaired) electrons. The van der Waals surface area contributed by atoms with Gasteiger partial charge in [0.15, 0.2) is 0 Å². The van der Waals surface area contributed by atoms with Crippen molar-refractivity contribution in [1.82, 2.24) is 0 Å². The first kappa shape index (κ1) is 8.59. The molecule has 0 amide bonds. The molecule has 0 heteroatoms. The highest BCUT2D eigenvalue weighted by molar-refractivity contribution is 5.17. The fourth-order valence-electron chi connectivity index (χ4n) is 4.28. The Balaban J connectivity index is 2.21. The van der Waals surface area contributed by atoms with Crippen molar-refractivity contribution in [3.8, 4) is 0 Å². The largest absolute Gasteiger partial charge is 0.0651 e. The maximum Gasteiger partial charge on any atom is -0.0233 e. The van der Waals surface area contributed by atoms with Crippen LogP contribution in [0.15, 0.2) is 0 Å². The number of rotatable bonds is 1. The lowest BCUT2D eigenvalue weighted by Gasteiger charge is -2.24. The van der Waals surface area contributed by atoms with Gasteiger partial charge in [-0.3, -0.25) is 0 Å². The zero-order valence-corrected chi connectivity index (χ0v) is 9.09. The number of hydrogen-bond donors (Lipinski definition) is 0. The second-order valence-electron chi connectivity index (χ2n) is 5.41. The molecule has 0 aromatic carbocycles. The van der Waals surface area contributed by atoms with Crippen molar-refractivity contribution in [3.63, 3.8) is 0 Å². The Morgan fingerprint density at radius 2 is 1.67 bits per heavy atom. The van der Waals surface area contributed by atoms with Gasteiger partial charge in [0.25, 0.3) is 0 Å². The van der Waals surface area contributed by atoms with E-state index in [0.717, 1.165) is 35.0 Å². The molecule has 6 unspecified atom stereocenters. The van der Waals surface area contributed by atoms with E-state index in [-0.39, 0.29) is 0 Å². The van der Waals surface area contributed by atoms with Gasteiger partial charge in [-0.2, -0.15) is 0 Å². The molecule has 12 heavy (non-hydrogen) atoms. The SMILES string of the molecule is CCC1C2C(C)C(C)C(C)C12C. The molecule has 0 N–H and O–H groups in total. The lowest BCUT2D eigenvalue weighted by Crippen LogP contribution is -2.18. The zero-order valence-electron chi connectivity index (χ0n) is 9.09. The van der Waals surface area contributed by atoms with E-state index in [1.54, 1.807) is 0 Å². The predicted molar refractivity (Wildman–Crippen MR) is 52.9 cm³/mol. The van der Waals surface area contributed by atoms with Crippen LogP contribution in [0.4, 0.5) is 0 Å². The lowest BCUT2D eigenvalue weighted by atomic mass is 9.81. The van der Waals surface area contributed by atoms with Crippen molar-refractivity contribution in [1.29, 1.82) is 0 Å². The van der Waals surface area contributed by atoms with Crippen molar-refractivity contribution in [2.45, 2.75) is 41.0 Å². The summed E-state index contributed by atoms with van der Waals surface area (Å²) in [7, 11) is 0. The average molecular weight is 166 g/mol. The normalized spacial score (nSPS) is 63.2. The molecule has 2 aliphatic carbocycles. The standard InChI is InChI=1S/C12H22/c1-6-10-11-8(3)7(2)9(4)12(10,11)5/h7-11H,6H2,1-5H3. The summed E-state index contributed by atoms with van der Waals surface area (Å²) in [4.78, 5) is 0. The van der Waals surface area contributed by atoms with E-state index in [0.29, 0.717) is 0 Å². The highest BCUT2D eigenvalue weighted by Gasteiger charge is 2.70. The van der Waals surface area contributed by atoms with Crippen molar-refractivity contribution in [3.05, 3.63) is 0 Å². The van der Waals surface area contributed by atoms with Gasteiger partial charge in [-0.15, -0.1) is 0 Å². The van der Waals surface area contributed by atoms with Gasteiger partial charge in [0.2, 0.25) is 0 Å². The van der Waals surface area contributed by atoms with Gasteiger partial charge in [-0.25, -0.2) is 0 Å². The molecular formula is C12H22. The summed E-state index contributed by atoms with van der Waals surface area (Å²) in [5.74, 6) is 5.02. The summed E-state index contributed by atoms with van der Waals surface area (Å²) in [6, 6.07) is 0. The quantitative estimate of drug-likeness (QED) is 0.558. The van der Waals surface area contributed by atoms with E-state index in [1.807, 2.05) is 0 Å². The third-order valence-corrected chi connectivity index (χ3v) is 5.45. The molecule has 2 saturated carbocycles. The van der Waals surface area contributed by atoms with Crippen LogP contribution in [0.2, 0.25) is 0 Å². The fraction of sp³-hybridized carbons (Fsp3) is 1.00. The van der Waals surface area contributed by atoms with Gasteiger partial charge in [-0.05, 0) is 35.0 Å². The topological polar surface area (TPSA) is 0 Å². The van der Waals surface area contributed by atoms with Crippen LogP contribution in [0.1, 0.15) is 41.0 Å². The zero-order chi connectivity index (χ0) is 9.09. The maximum atomic E-state index is 2.52. The third kappa shape index (κ3) is 0.701. The van der Waals surface area contributed by atoms with Crippen LogP contribution in [0, 0.1) is 35.0 Å². The molecule has 2 aliphatic rings. The van der Waals surface area contributed by atoms with Crippen molar-refractivity contribution >= 4 is 0 Å². The first-order valence-electron chi connectivity index (χ1n) is 5.55. The summed E-state index contributed by atoms with van der Waals surface area (Å²) >= 11 is 0. The average Bonchev–Trinajstić information content (AvgIpc) is 2.63. The van der Waals surface area contributed by atoms with Crippen molar-refractivity contribution in [2.24, 2.45) is 35.0 Å². The Labute approximate surface area is 76.7 Å². The molecule has 2 fully saturated rings. The lowest BCUT2D eigenvalue weighted by molar-refractivity contribution is 0.240. The smallest absolute Gasteiger partial charge is 0.0233 e. The van der Waals surface area contributed by atoms with Gasteiger partial charge >= 0.3 is 0 Å². The Morgan fingerprint density at radius 3 is 2.00 bits per heavy atom. The molecule has 6 atom stereocenters. The molecule has 0 aromatic heterocycles. The van der Waals surface area contributed by atoms with Crippen LogP contribution in [-0.2, 0) is 0 Å². The first-order valence-corrected chi connectivity index (χ1v) is 5.55. The van der Waals surface area contributed by atoms with E-state index >= 15 is 0 Å². The Morgan fingerprint density at radius 1 is 1.08 bits per heavy atom.